The Morgan fingerprint density at radius 2 is 2.24 bits per heavy atom. The fourth-order valence-electron chi connectivity index (χ4n) is 1.64. The SMILES string of the molecule is CC#CCNC(=O)N(C)C1COCC1C(=O)O. The molecule has 1 fully saturated rings. The van der Waals surface area contributed by atoms with Crippen molar-refractivity contribution in [1.29, 1.82) is 0 Å². The average Bonchev–Trinajstić information content (AvgIpc) is 2.77. The molecule has 0 spiro atoms. The van der Waals surface area contributed by atoms with E-state index in [4.69, 9.17) is 9.84 Å². The summed E-state index contributed by atoms with van der Waals surface area (Å²) in [5.74, 6) is 3.75. The molecule has 0 saturated carbocycles. The number of carboxylic acids is 1. The highest BCUT2D eigenvalue weighted by Gasteiger charge is 2.38. The topological polar surface area (TPSA) is 78.9 Å². The second-order valence-electron chi connectivity index (χ2n) is 3.75. The molecule has 1 rings (SSSR count). The third-order valence-electron chi connectivity index (χ3n) is 2.69. The molecular formula is C11H16N2O4. The summed E-state index contributed by atoms with van der Waals surface area (Å²) in [5.41, 5.74) is 0. The molecular weight excluding hydrogens is 224 g/mol. The lowest BCUT2D eigenvalue weighted by atomic mass is 10.0. The van der Waals surface area contributed by atoms with Crippen molar-refractivity contribution in [2.45, 2.75) is 13.0 Å². The van der Waals surface area contributed by atoms with Crippen LogP contribution in [0.25, 0.3) is 0 Å². The third kappa shape index (κ3) is 3.36. The van der Waals surface area contributed by atoms with E-state index in [1.807, 2.05) is 0 Å². The van der Waals surface area contributed by atoms with Crippen LogP contribution in [-0.4, -0.2) is 54.9 Å². The highest BCUT2D eigenvalue weighted by molar-refractivity contribution is 5.77. The van der Waals surface area contributed by atoms with Crippen LogP contribution < -0.4 is 5.32 Å². The number of hydrogen-bond donors (Lipinski definition) is 2. The molecule has 6 nitrogen and oxygen atoms in total. The molecule has 1 aliphatic rings. The quantitative estimate of drug-likeness (QED) is 0.667. The van der Waals surface area contributed by atoms with Crippen LogP contribution in [-0.2, 0) is 9.53 Å². The van der Waals surface area contributed by atoms with Crippen molar-refractivity contribution in [2.75, 3.05) is 26.8 Å². The number of nitrogens with one attached hydrogen (secondary N) is 1. The summed E-state index contributed by atoms with van der Waals surface area (Å²) in [6.07, 6.45) is 0. The number of amides is 2. The molecule has 0 aliphatic carbocycles. The number of hydrogen-bond acceptors (Lipinski definition) is 3. The van der Waals surface area contributed by atoms with Crippen molar-refractivity contribution in [3.63, 3.8) is 0 Å². The molecule has 94 valence electrons. The van der Waals surface area contributed by atoms with Gasteiger partial charge in [0.1, 0.15) is 5.92 Å². The van der Waals surface area contributed by atoms with Crippen LogP contribution in [0.2, 0.25) is 0 Å². The molecule has 0 aromatic carbocycles. The maximum absolute atomic E-state index is 11.7. The highest BCUT2D eigenvalue weighted by atomic mass is 16.5. The van der Waals surface area contributed by atoms with Crippen LogP contribution in [0.3, 0.4) is 0 Å². The normalized spacial score (nSPS) is 22.5. The summed E-state index contributed by atoms with van der Waals surface area (Å²) in [5, 5.41) is 11.6. The number of nitrogens with zero attached hydrogens (tertiary/aromatic N) is 1. The average molecular weight is 240 g/mol. The van der Waals surface area contributed by atoms with Gasteiger partial charge >= 0.3 is 12.0 Å². The van der Waals surface area contributed by atoms with Gasteiger partial charge in [0.15, 0.2) is 0 Å². The van der Waals surface area contributed by atoms with Gasteiger partial charge in [-0.2, -0.15) is 0 Å². The second-order valence-corrected chi connectivity index (χ2v) is 3.75. The van der Waals surface area contributed by atoms with Crippen molar-refractivity contribution in [3.05, 3.63) is 0 Å². The summed E-state index contributed by atoms with van der Waals surface area (Å²) in [4.78, 5) is 24.0. The summed E-state index contributed by atoms with van der Waals surface area (Å²) in [7, 11) is 1.56. The standard InChI is InChI=1S/C11H16N2O4/c1-3-4-5-12-11(16)13(2)9-7-17-6-8(9)10(14)15/h8-9H,5-7H2,1-2H3,(H,12,16)(H,14,15). The monoisotopic (exact) mass is 240 g/mol. The number of ether oxygens (including phenoxy) is 1. The van der Waals surface area contributed by atoms with Crippen LogP contribution in [0.4, 0.5) is 4.79 Å². The van der Waals surface area contributed by atoms with Gasteiger partial charge in [0.25, 0.3) is 0 Å². The fourth-order valence-corrected chi connectivity index (χ4v) is 1.64. The first-order valence-corrected chi connectivity index (χ1v) is 5.28. The van der Waals surface area contributed by atoms with Crippen molar-refractivity contribution in [3.8, 4) is 11.8 Å². The molecule has 2 N–H and O–H groups in total. The van der Waals surface area contributed by atoms with Crippen LogP contribution >= 0.6 is 0 Å². The molecule has 1 saturated heterocycles. The maximum Gasteiger partial charge on any atom is 0.318 e. The molecule has 2 atom stereocenters. The van der Waals surface area contributed by atoms with Crippen LogP contribution in [0.1, 0.15) is 6.92 Å². The zero-order valence-corrected chi connectivity index (χ0v) is 9.90. The molecule has 2 unspecified atom stereocenters. The molecule has 2 amide bonds. The molecule has 0 radical (unpaired) electrons. The van der Waals surface area contributed by atoms with Gasteiger partial charge in [0, 0.05) is 7.05 Å². The van der Waals surface area contributed by atoms with Gasteiger partial charge in [-0.3, -0.25) is 4.79 Å². The molecule has 0 aromatic heterocycles. The van der Waals surface area contributed by atoms with E-state index < -0.39 is 17.9 Å². The van der Waals surface area contributed by atoms with E-state index in [9.17, 15) is 9.59 Å². The number of urea groups is 1. The predicted molar refractivity (Wildman–Crippen MR) is 60.3 cm³/mol. The van der Waals surface area contributed by atoms with E-state index in [2.05, 4.69) is 17.2 Å². The van der Waals surface area contributed by atoms with Gasteiger partial charge in [0.05, 0.1) is 25.8 Å². The van der Waals surface area contributed by atoms with Gasteiger partial charge in [-0.05, 0) is 6.92 Å². The van der Waals surface area contributed by atoms with E-state index in [1.54, 1.807) is 14.0 Å². The molecule has 1 aliphatic heterocycles. The van der Waals surface area contributed by atoms with Gasteiger partial charge in [-0.1, -0.05) is 5.92 Å². The minimum atomic E-state index is -0.944. The Labute approximate surface area is 99.9 Å². The Morgan fingerprint density at radius 1 is 1.53 bits per heavy atom. The fraction of sp³-hybridized carbons (Fsp3) is 0.636. The Hall–Kier alpha value is -1.74. The van der Waals surface area contributed by atoms with E-state index in [-0.39, 0.29) is 25.8 Å². The summed E-state index contributed by atoms with van der Waals surface area (Å²) >= 11 is 0. The molecule has 1 heterocycles. The lowest BCUT2D eigenvalue weighted by Crippen LogP contribution is -2.48. The Bertz CT molecular complexity index is 358. The first-order valence-electron chi connectivity index (χ1n) is 5.28. The molecule has 0 aromatic rings. The Kier molecular flexibility index (Phi) is 4.79. The maximum atomic E-state index is 11.7. The summed E-state index contributed by atoms with van der Waals surface area (Å²) < 4.78 is 5.10. The molecule has 6 heteroatoms. The van der Waals surface area contributed by atoms with Gasteiger partial charge in [-0.15, -0.1) is 5.92 Å². The van der Waals surface area contributed by atoms with Crippen LogP contribution in [0, 0.1) is 17.8 Å². The number of rotatable bonds is 3. The minimum absolute atomic E-state index is 0.145. The van der Waals surface area contributed by atoms with E-state index in [0.29, 0.717) is 0 Å². The number of carboxylic acid groups (broad SMARTS) is 1. The first-order chi connectivity index (χ1) is 8.07. The number of aliphatic carboxylic acids is 1. The van der Waals surface area contributed by atoms with Crippen molar-refractivity contribution in [2.24, 2.45) is 5.92 Å². The number of carbonyl (C=O) groups excluding carboxylic acids is 1. The van der Waals surface area contributed by atoms with Crippen molar-refractivity contribution in [1.82, 2.24) is 10.2 Å². The van der Waals surface area contributed by atoms with Crippen LogP contribution in [0.5, 0.6) is 0 Å². The third-order valence-corrected chi connectivity index (χ3v) is 2.69. The van der Waals surface area contributed by atoms with Gasteiger partial charge in [0.2, 0.25) is 0 Å². The van der Waals surface area contributed by atoms with E-state index >= 15 is 0 Å². The second kappa shape index (κ2) is 6.11. The number of likely N-dealkylation sites (N-methyl/N-ethyl adjacent to an activating group) is 1. The van der Waals surface area contributed by atoms with Gasteiger partial charge < -0.3 is 20.1 Å². The molecule has 0 bridgehead atoms. The largest absolute Gasteiger partial charge is 0.481 e. The summed E-state index contributed by atoms with van der Waals surface area (Å²) in [6.45, 7) is 2.33. The highest BCUT2D eigenvalue weighted by Crippen LogP contribution is 2.18. The molecule has 17 heavy (non-hydrogen) atoms. The summed E-state index contributed by atoms with van der Waals surface area (Å²) in [6, 6.07) is -0.767. The Balaban J connectivity index is 2.55. The predicted octanol–water partition coefficient (Wildman–Crippen LogP) is -0.249. The lowest BCUT2D eigenvalue weighted by molar-refractivity contribution is -0.142. The smallest absolute Gasteiger partial charge is 0.318 e. The van der Waals surface area contributed by atoms with E-state index in [0.717, 1.165) is 0 Å². The van der Waals surface area contributed by atoms with Crippen LogP contribution in [0.15, 0.2) is 0 Å². The first kappa shape index (κ1) is 13.3. The van der Waals surface area contributed by atoms with Crippen molar-refractivity contribution >= 4 is 12.0 Å². The number of carbonyl (C=O) groups is 2. The van der Waals surface area contributed by atoms with Crippen molar-refractivity contribution < 1.29 is 19.4 Å². The van der Waals surface area contributed by atoms with Gasteiger partial charge in [-0.25, -0.2) is 4.79 Å². The minimum Gasteiger partial charge on any atom is -0.481 e. The zero-order chi connectivity index (χ0) is 12.8. The zero-order valence-electron chi connectivity index (χ0n) is 9.90. The Morgan fingerprint density at radius 3 is 2.82 bits per heavy atom. The van der Waals surface area contributed by atoms with E-state index in [1.165, 1.54) is 4.90 Å². The lowest BCUT2D eigenvalue weighted by Gasteiger charge is -2.26.